The van der Waals surface area contributed by atoms with Gasteiger partial charge >= 0.3 is 0 Å². The zero-order valence-electron chi connectivity index (χ0n) is 18.4. The lowest BCUT2D eigenvalue weighted by atomic mass is 9.95. The van der Waals surface area contributed by atoms with E-state index < -0.39 is 0 Å². The first-order chi connectivity index (χ1) is 15.7. The number of nitrogens with zero attached hydrogens (tertiary/aromatic N) is 2. The molecule has 0 radical (unpaired) electrons. The highest BCUT2D eigenvalue weighted by atomic mass is 16.5. The largest absolute Gasteiger partial charge is 0.493 e. The van der Waals surface area contributed by atoms with Crippen LogP contribution in [0.25, 0.3) is 0 Å². The minimum absolute atomic E-state index is 0.0720. The van der Waals surface area contributed by atoms with Crippen LogP contribution < -0.4 is 18.9 Å². The highest BCUT2D eigenvalue weighted by molar-refractivity contribution is 6.02. The lowest BCUT2D eigenvalue weighted by molar-refractivity contribution is -0.0205. The Morgan fingerprint density at radius 3 is 2.44 bits per heavy atom. The van der Waals surface area contributed by atoms with Gasteiger partial charge in [0.15, 0.2) is 11.5 Å². The standard InChI is InChI=1S/C26H26N2O4/c1-4-31-22-11-7-6-10-19(22)26-28-21(18-9-5-8-12-23(18)32-26)16-20(27-28)17-13-14-24(29-2)25(15-17)30-3/h5-15,21,26H,4,16H2,1-3H3/t21-,26+/m0/s1. The van der Waals surface area contributed by atoms with Crippen LogP contribution in [-0.2, 0) is 0 Å². The molecule has 0 saturated carbocycles. The fourth-order valence-electron chi connectivity index (χ4n) is 4.40. The van der Waals surface area contributed by atoms with Crippen LogP contribution in [0.2, 0.25) is 0 Å². The SMILES string of the molecule is CCOc1ccccc1[C@H]1Oc2ccccc2[C@@H]2CC(c3ccc(OC)c(OC)c3)=NN12. The molecule has 3 aromatic carbocycles. The summed E-state index contributed by atoms with van der Waals surface area (Å²) in [5.41, 5.74) is 4.09. The summed E-state index contributed by atoms with van der Waals surface area (Å²) in [5, 5.41) is 7.10. The summed E-state index contributed by atoms with van der Waals surface area (Å²) < 4.78 is 23.3. The van der Waals surface area contributed by atoms with Gasteiger partial charge < -0.3 is 18.9 Å². The Balaban J connectivity index is 1.58. The fraction of sp³-hybridized carbons (Fsp3) is 0.269. The maximum atomic E-state index is 6.48. The summed E-state index contributed by atoms with van der Waals surface area (Å²) in [6.45, 7) is 2.57. The molecule has 0 spiro atoms. The maximum absolute atomic E-state index is 6.48. The Labute approximate surface area is 188 Å². The Kier molecular flexibility index (Phi) is 5.35. The number of rotatable bonds is 6. The zero-order chi connectivity index (χ0) is 22.1. The van der Waals surface area contributed by atoms with Gasteiger partial charge in [-0.25, -0.2) is 5.01 Å². The number of hydrogen-bond acceptors (Lipinski definition) is 6. The molecule has 0 aliphatic carbocycles. The van der Waals surface area contributed by atoms with E-state index in [2.05, 4.69) is 11.1 Å². The Bertz CT molecular complexity index is 1160. The molecule has 0 bridgehead atoms. The molecule has 2 heterocycles. The van der Waals surface area contributed by atoms with Gasteiger partial charge in [0.1, 0.15) is 11.5 Å². The second-order valence-corrected chi connectivity index (χ2v) is 7.70. The Morgan fingerprint density at radius 2 is 1.66 bits per heavy atom. The van der Waals surface area contributed by atoms with Gasteiger partial charge in [0.25, 0.3) is 0 Å². The minimum Gasteiger partial charge on any atom is -0.493 e. The van der Waals surface area contributed by atoms with E-state index in [9.17, 15) is 0 Å². The van der Waals surface area contributed by atoms with Crippen molar-refractivity contribution in [3.63, 3.8) is 0 Å². The van der Waals surface area contributed by atoms with Crippen molar-refractivity contribution in [3.8, 4) is 23.0 Å². The van der Waals surface area contributed by atoms with E-state index in [0.717, 1.165) is 40.3 Å². The van der Waals surface area contributed by atoms with Gasteiger partial charge in [0.05, 0.1) is 38.1 Å². The summed E-state index contributed by atoms with van der Waals surface area (Å²) in [6, 6.07) is 22.2. The fourth-order valence-corrected chi connectivity index (χ4v) is 4.40. The smallest absolute Gasteiger partial charge is 0.217 e. The summed E-state index contributed by atoms with van der Waals surface area (Å²) in [4.78, 5) is 0. The van der Waals surface area contributed by atoms with Crippen LogP contribution in [0.1, 0.15) is 42.3 Å². The van der Waals surface area contributed by atoms with E-state index in [1.54, 1.807) is 14.2 Å². The number of ether oxygens (including phenoxy) is 4. The van der Waals surface area contributed by atoms with Crippen LogP contribution in [0.15, 0.2) is 71.8 Å². The van der Waals surface area contributed by atoms with Crippen LogP contribution in [-0.4, -0.2) is 31.5 Å². The highest BCUT2D eigenvalue weighted by Crippen LogP contribution is 2.49. The molecule has 0 unspecified atom stereocenters. The average Bonchev–Trinajstić information content (AvgIpc) is 3.29. The molecule has 0 aromatic heterocycles. The van der Waals surface area contributed by atoms with E-state index >= 15 is 0 Å². The number of methoxy groups -OCH3 is 2. The molecule has 0 saturated heterocycles. The molecule has 0 amide bonds. The van der Waals surface area contributed by atoms with Crippen molar-refractivity contribution in [2.45, 2.75) is 25.6 Å². The van der Waals surface area contributed by atoms with Gasteiger partial charge in [-0.2, -0.15) is 5.10 Å². The first-order valence-corrected chi connectivity index (χ1v) is 10.8. The molecule has 3 aromatic rings. The number of para-hydroxylation sites is 2. The number of hydrogen-bond donors (Lipinski definition) is 0. The highest BCUT2D eigenvalue weighted by Gasteiger charge is 2.41. The third-order valence-electron chi connectivity index (χ3n) is 5.90. The number of benzene rings is 3. The first kappa shape index (κ1) is 20.2. The van der Waals surface area contributed by atoms with E-state index in [1.807, 2.05) is 67.6 Å². The lowest BCUT2D eigenvalue weighted by Crippen LogP contribution is -2.34. The predicted molar refractivity (Wildman–Crippen MR) is 123 cm³/mol. The molecule has 0 fully saturated rings. The van der Waals surface area contributed by atoms with Crippen molar-refractivity contribution in [1.82, 2.24) is 5.01 Å². The molecule has 6 nitrogen and oxygen atoms in total. The summed E-state index contributed by atoms with van der Waals surface area (Å²) in [5.74, 6) is 3.08. The van der Waals surface area contributed by atoms with E-state index in [4.69, 9.17) is 24.0 Å². The van der Waals surface area contributed by atoms with Crippen molar-refractivity contribution in [2.75, 3.05) is 20.8 Å². The average molecular weight is 431 g/mol. The first-order valence-electron chi connectivity index (χ1n) is 10.8. The molecule has 164 valence electrons. The summed E-state index contributed by atoms with van der Waals surface area (Å²) >= 11 is 0. The van der Waals surface area contributed by atoms with Gasteiger partial charge in [-0.1, -0.05) is 30.3 Å². The molecule has 2 aliphatic rings. The molecule has 0 N–H and O–H groups in total. The van der Waals surface area contributed by atoms with Crippen LogP contribution in [0, 0.1) is 0 Å². The second-order valence-electron chi connectivity index (χ2n) is 7.70. The molecule has 5 rings (SSSR count). The van der Waals surface area contributed by atoms with Gasteiger partial charge in [0.2, 0.25) is 6.23 Å². The second kappa shape index (κ2) is 8.46. The summed E-state index contributed by atoms with van der Waals surface area (Å²) in [6.07, 6.45) is 0.388. The van der Waals surface area contributed by atoms with Crippen LogP contribution in [0.4, 0.5) is 0 Å². The van der Waals surface area contributed by atoms with Gasteiger partial charge in [0, 0.05) is 17.5 Å². The Hall–Kier alpha value is -3.67. The lowest BCUT2D eigenvalue weighted by Gasteiger charge is -2.38. The van der Waals surface area contributed by atoms with Crippen molar-refractivity contribution in [1.29, 1.82) is 0 Å². The zero-order valence-corrected chi connectivity index (χ0v) is 18.4. The Morgan fingerprint density at radius 1 is 0.906 bits per heavy atom. The number of hydrazone groups is 1. The van der Waals surface area contributed by atoms with Crippen molar-refractivity contribution < 1.29 is 18.9 Å². The van der Waals surface area contributed by atoms with Crippen molar-refractivity contribution in [3.05, 3.63) is 83.4 Å². The predicted octanol–water partition coefficient (Wildman–Crippen LogP) is 5.34. The van der Waals surface area contributed by atoms with E-state index in [-0.39, 0.29) is 12.3 Å². The maximum Gasteiger partial charge on any atom is 0.217 e. The van der Waals surface area contributed by atoms with Crippen LogP contribution >= 0.6 is 0 Å². The van der Waals surface area contributed by atoms with E-state index in [0.29, 0.717) is 18.1 Å². The minimum atomic E-state index is -0.379. The van der Waals surface area contributed by atoms with Crippen molar-refractivity contribution >= 4 is 5.71 Å². The molecular weight excluding hydrogens is 404 g/mol. The van der Waals surface area contributed by atoms with Gasteiger partial charge in [-0.15, -0.1) is 0 Å². The molecule has 6 heteroatoms. The van der Waals surface area contributed by atoms with Crippen LogP contribution in [0.5, 0.6) is 23.0 Å². The van der Waals surface area contributed by atoms with Crippen LogP contribution in [0.3, 0.4) is 0 Å². The monoisotopic (exact) mass is 430 g/mol. The third kappa shape index (κ3) is 3.42. The molecule has 2 atom stereocenters. The van der Waals surface area contributed by atoms with Gasteiger partial charge in [-0.3, -0.25) is 0 Å². The van der Waals surface area contributed by atoms with Crippen molar-refractivity contribution in [2.24, 2.45) is 5.10 Å². The quantitative estimate of drug-likeness (QED) is 0.528. The van der Waals surface area contributed by atoms with E-state index in [1.165, 1.54) is 0 Å². The molecule has 32 heavy (non-hydrogen) atoms. The number of fused-ring (bicyclic) bond motifs is 3. The topological polar surface area (TPSA) is 52.5 Å². The normalized spacial score (nSPS) is 18.8. The molecular formula is C26H26N2O4. The third-order valence-corrected chi connectivity index (χ3v) is 5.90. The van der Waals surface area contributed by atoms with Gasteiger partial charge in [-0.05, 0) is 43.3 Å². The molecule has 2 aliphatic heterocycles. The summed E-state index contributed by atoms with van der Waals surface area (Å²) in [7, 11) is 3.28.